The van der Waals surface area contributed by atoms with Crippen LogP contribution in [-0.4, -0.2) is 16.1 Å². The van der Waals surface area contributed by atoms with Crippen LogP contribution in [0.15, 0.2) is 59.8 Å². The third-order valence-electron chi connectivity index (χ3n) is 3.68. The molecule has 10 heteroatoms. The Bertz CT molecular complexity index is 1040. The van der Waals surface area contributed by atoms with Gasteiger partial charge in [-0.05, 0) is 41.5 Å². The standard InChI is InChI=1S/C19H13Cl3N4O3/c20-14-5-3-12(4-6-14)11-29-18-15(21)8-13(9-16(18)22)10-24-25-19-17(26(27)28)2-1-7-23-19/h1-10H,11H2,(H,23,25)/b24-10-. The summed E-state index contributed by atoms with van der Waals surface area (Å²) in [5.74, 6) is 0.364. The number of hydrazone groups is 1. The molecule has 0 bridgehead atoms. The van der Waals surface area contributed by atoms with Gasteiger partial charge >= 0.3 is 5.69 Å². The summed E-state index contributed by atoms with van der Waals surface area (Å²) in [7, 11) is 0. The van der Waals surface area contributed by atoms with Gasteiger partial charge in [0.1, 0.15) is 6.61 Å². The van der Waals surface area contributed by atoms with Crippen LogP contribution in [0.3, 0.4) is 0 Å². The number of ether oxygens (including phenoxy) is 1. The number of pyridine rings is 1. The maximum Gasteiger partial charge on any atom is 0.313 e. The van der Waals surface area contributed by atoms with Crippen molar-refractivity contribution in [3.63, 3.8) is 0 Å². The molecule has 0 radical (unpaired) electrons. The van der Waals surface area contributed by atoms with E-state index in [0.717, 1.165) is 5.56 Å². The Hall–Kier alpha value is -2.87. The molecule has 3 aromatic rings. The molecular formula is C19H13Cl3N4O3. The van der Waals surface area contributed by atoms with Gasteiger partial charge in [-0.25, -0.2) is 4.98 Å². The number of anilines is 1. The number of nitro groups is 1. The van der Waals surface area contributed by atoms with Gasteiger partial charge < -0.3 is 4.74 Å². The van der Waals surface area contributed by atoms with Crippen LogP contribution in [0, 0.1) is 10.1 Å². The number of hydrogen-bond acceptors (Lipinski definition) is 6. The van der Waals surface area contributed by atoms with Gasteiger partial charge in [0.25, 0.3) is 0 Å². The molecule has 7 nitrogen and oxygen atoms in total. The van der Waals surface area contributed by atoms with Gasteiger partial charge in [-0.3, -0.25) is 15.5 Å². The van der Waals surface area contributed by atoms with E-state index in [0.29, 0.717) is 26.4 Å². The molecule has 0 aliphatic carbocycles. The van der Waals surface area contributed by atoms with Crippen molar-refractivity contribution in [2.45, 2.75) is 6.61 Å². The summed E-state index contributed by atoms with van der Waals surface area (Å²) in [6, 6.07) is 13.2. The summed E-state index contributed by atoms with van der Waals surface area (Å²) in [6.07, 6.45) is 2.84. The van der Waals surface area contributed by atoms with Gasteiger partial charge in [0.05, 0.1) is 21.2 Å². The summed E-state index contributed by atoms with van der Waals surface area (Å²) >= 11 is 18.4. The maximum atomic E-state index is 11.0. The van der Waals surface area contributed by atoms with Crippen LogP contribution in [0.5, 0.6) is 5.75 Å². The van der Waals surface area contributed by atoms with Crippen molar-refractivity contribution in [1.29, 1.82) is 0 Å². The van der Waals surface area contributed by atoms with Gasteiger partial charge in [0.15, 0.2) is 5.75 Å². The van der Waals surface area contributed by atoms with Crippen LogP contribution >= 0.6 is 34.8 Å². The second-order valence-corrected chi connectivity index (χ2v) is 6.98. The molecule has 1 aromatic heterocycles. The molecule has 1 N–H and O–H groups in total. The SMILES string of the molecule is O=[N+]([O-])c1cccnc1N/N=C\c1cc(Cl)c(OCc2ccc(Cl)cc2)c(Cl)c1. The fraction of sp³-hybridized carbons (Fsp3) is 0.0526. The van der Waals surface area contributed by atoms with Gasteiger partial charge in [-0.15, -0.1) is 0 Å². The molecule has 3 rings (SSSR count). The minimum absolute atomic E-state index is 0.0221. The number of hydrogen-bond donors (Lipinski definition) is 1. The van der Waals surface area contributed by atoms with Gasteiger partial charge in [-0.2, -0.15) is 5.10 Å². The average Bonchev–Trinajstić information content (AvgIpc) is 2.69. The summed E-state index contributed by atoms with van der Waals surface area (Å²) in [6.45, 7) is 0.273. The zero-order valence-corrected chi connectivity index (χ0v) is 16.9. The molecule has 0 aliphatic rings. The van der Waals surface area contributed by atoms with Crippen LogP contribution in [-0.2, 0) is 6.61 Å². The molecule has 0 spiro atoms. The topological polar surface area (TPSA) is 89.7 Å². The second-order valence-electron chi connectivity index (χ2n) is 5.73. The highest BCUT2D eigenvalue weighted by Crippen LogP contribution is 2.34. The summed E-state index contributed by atoms with van der Waals surface area (Å²) < 4.78 is 5.71. The van der Waals surface area contributed by atoms with Gasteiger partial charge in [0, 0.05) is 17.3 Å². The Balaban J connectivity index is 1.69. The number of rotatable bonds is 7. The number of benzene rings is 2. The molecule has 1 heterocycles. The Morgan fingerprint density at radius 3 is 2.48 bits per heavy atom. The molecule has 29 heavy (non-hydrogen) atoms. The molecule has 148 valence electrons. The van der Waals surface area contributed by atoms with Crippen molar-refractivity contribution < 1.29 is 9.66 Å². The van der Waals surface area contributed by atoms with Crippen molar-refractivity contribution in [3.05, 3.63) is 91.0 Å². The van der Waals surface area contributed by atoms with E-state index in [4.69, 9.17) is 39.5 Å². The first-order valence-electron chi connectivity index (χ1n) is 8.19. The number of nitrogens with one attached hydrogen (secondary N) is 1. The van der Waals surface area contributed by atoms with Crippen LogP contribution in [0.1, 0.15) is 11.1 Å². The quantitative estimate of drug-likeness (QED) is 0.271. The highest BCUT2D eigenvalue weighted by Gasteiger charge is 2.13. The number of nitrogens with zero attached hydrogens (tertiary/aromatic N) is 3. The van der Waals surface area contributed by atoms with Crippen LogP contribution in [0.4, 0.5) is 11.5 Å². The summed E-state index contributed by atoms with van der Waals surface area (Å²) in [5, 5.41) is 16.2. The monoisotopic (exact) mass is 450 g/mol. The van der Waals surface area contributed by atoms with Gasteiger partial charge in [0.2, 0.25) is 5.82 Å². The zero-order chi connectivity index (χ0) is 20.8. The fourth-order valence-corrected chi connectivity index (χ4v) is 3.07. The molecule has 0 unspecified atom stereocenters. The zero-order valence-electron chi connectivity index (χ0n) is 14.7. The molecule has 0 fully saturated rings. The maximum absolute atomic E-state index is 11.0. The summed E-state index contributed by atoms with van der Waals surface area (Å²) in [5.41, 5.74) is 3.83. The fourth-order valence-electron chi connectivity index (χ4n) is 2.33. The third-order valence-corrected chi connectivity index (χ3v) is 4.50. The molecule has 0 atom stereocenters. The van der Waals surface area contributed by atoms with Crippen molar-refractivity contribution in [3.8, 4) is 5.75 Å². The largest absolute Gasteiger partial charge is 0.486 e. The second kappa shape index (κ2) is 9.56. The van der Waals surface area contributed by atoms with Crippen molar-refractivity contribution in [2.24, 2.45) is 5.10 Å². The predicted molar refractivity (Wildman–Crippen MR) is 114 cm³/mol. The first-order chi connectivity index (χ1) is 13.9. The lowest BCUT2D eigenvalue weighted by Crippen LogP contribution is -1.99. The Kier molecular flexibility index (Phi) is 6.87. The predicted octanol–water partition coefficient (Wildman–Crippen LogP) is 5.98. The minimum atomic E-state index is -0.550. The smallest absolute Gasteiger partial charge is 0.313 e. The molecule has 0 saturated carbocycles. The normalized spacial score (nSPS) is 10.9. The lowest BCUT2D eigenvalue weighted by atomic mass is 10.2. The van der Waals surface area contributed by atoms with Crippen LogP contribution < -0.4 is 10.2 Å². The van der Waals surface area contributed by atoms with E-state index in [1.807, 2.05) is 12.1 Å². The lowest BCUT2D eigenvalue weighted by Gasteiger charge is -2.11. The molecule has 2 aromatic carbocycles. The van der Waals surface area contributed by atoms with E-state index in [2.05, 4.69) is 15.5 Å². The first kappa shape index (κ1) is 20.9. The third kappa shape index (κ3) is 5.57. The van der Waals surface area contributed by atoms with E-state index in [9.17, 15) is 10.1 Å². The van der Waals surface area contributed by atoms with E-state index in [1.165, 1.54) is 24.5 Å². The number of halogens is 3. The average molecular weight is 452 g/mol. The molecule has 0 saturated heterocycles. The first-order valence-corrected chi connectivity index (χ1v) is 9.32. The minimum Gasteiger partial charge on any atom is -0.486 e. The lowest BCUT2D eigenvalue weighted by molar-refractivity contribution is -0.384. The van der Waals surface area contributed by atoms with Gasteiger partial charge in [-0.1, -0.05) is 46.9 Å². The molecule has 0 aliphatic heterocycles. The highest BCUT2D eigenvalue weighted by molar-refractivity contribution is 6.37. The molecule has 0 amide bonds. The van der Waals surface area contributed by atoms with Crippen LogP contribution in [0.25, 0.3) is 0 Å². The molecular weight excluding hydrogens is 439 g/mol. The van der Waals surface area contributed by atoms with Crippen LogP contribution in [0.2, 0.25) is 15.1 Å². The summed E-state index contributed by atoms with van der Waals surface area (Å²) in [4.78, 5) is 14.3. The number of aromatic nitrogens is 1. The van der Waals surface area contributed by atoms with E-state index >= 15 is 0 Å². The Morgan fingerprint density at radius 2 is 1.83 bits per heavy atom. The van der Waals surface area contributed by atoms with E-state index in [1.54, 1.807) is 24.3 Å². The van der Waals surface area contributed by atoms with Crippen molar-refractivity contribution in [2.75, 3.05) is 5.43 Å². The van der Waals surface area contributed by atoms with E-state index < -0.39 is 4.92 Å². The Morgan fingerprint density at radius 1 is 1.14 bits per heavy atom. The van der Waals surface area contributed by atoms with E-state index in [-0.39, 0.29) is 18.1 Å². The van der Waals surface area contributed by atoms with Crippen molar-refractivity contribution >= 4 is 52.5 Å². The Labute approximate surface area is 181 Å². The van der Waals surface area contributed by atoms with Crippen molar-refractivity contribution in [1.82, 2.24) is 4.98 Å². The highest BCUT2D eigenvalue weighted by atomic mass is 35.5.